The summed E-state index contributed by atoms with van der Waals surface area (Å²) in [6.45, 7) is 9.82. The first-order valence-electron chi connectivity index (χ1n) is 6.24. The zero-order chi connectivity index (χ0) is 14.4. The van der Waals surface area contributed by atoms with Crippen LogP contribution in [0.5, 0.6) is 0 Å². The first-order valence-corrected chi connectivity index (χ1v) is 6.61. The van der Waals surface area contributed by atoms with Crippen LogP contribution in [0.4, 0.5) is 0 Å². The van der Waals surface area contributed by atoms with Gasteiger partial charge in [-0.25, -0.2) is 0 Å². The lowest BCUT2D eigenvalue weighted by molar-refractivity contribution is 0.00578. The molecule has 0 aliphatic carbocycles. The molecule has 0 atom stereocenters. The first-order chi connectivity index (χ1) is 8.68. The van der Waals surface area contributed by atoms with Crippen LogP contribution in [0.25, 0.3) is 0 Å². The number of aryl methyl sites for hydroxylation is 1. The molecule has 0 amide bonds. The molecule has 0 unspecified atom stereocenters. The lowest BCUT2D eigenvalue weighted by Crippen LogP contribution is -2.41. The summed E-state index contributed by atoms with van der Waals surface area (Å²) < 4.78 is 11.9. The minimum Gasteiger partial charge on any atom is -0.399 e. The van der Waals surface area contributed by atoms with Crippen LogP contribution in [-0.2, 0) is 9.31 Å². The second-order valence-corrected chi connectivity index (χ2v) is 6.27. The van der Waals surface area contributed by atoms with Crippen molar-refractivity contribution in [2.75, 3.05) is 0 Å². The van der Waals surface area contributed by atoms with Crippen LogP contribution < -0.4 is 5.46 Å². The smallest absolute Gasteiger partial charge is 0.399 e. The fraction of sp³-hybridized carbons (Fsp3) is 0.500. The van der Waals surface area contributed by atoms with Crippen molar-refractivity contribution < 1.29 is 9.31 Å². The maximum atomic E-state index is 9.05. The van der Waals surface area contributed by atoms with E-state index in [-0.39, 0.29) is 0 Å². The standard InChI is InChI=1S/C14H17BClNO2/c1-9-6-10(8-17)7-11(12(9)16)15-18-13(2,3)14(4,5)19-15/h6-7H,1-5H3. The molecule has 100 valence electrons. The highest BCUT2D eigenvalue weighted by molar-refractivity contribution is 6.65. The third-order valence-electron chi connectivity index (χ3n) is 3.92. The van der Waals surface area contributed by atoms with E-state index in [1.165, 1.54) is 0 Å². The predicted molar refractivity (Wildman–Crippen MR) is 76.6 cm³/mol. The molecular weight excluding hydrogens is 260 g/mol. The Labute approximate surface area is 119 Å². The van der Waals surface area contributed by atoms with E-state index >= 15 is 0 Å². The summed E-state index contributed by atoms with van der Waals surface area (Å²) in [5.41, 5.74) is 1.30. The van der Waals surface area contributed by atoms with Gasteiger partial charge in [-0.3, -0.25) is 0 Å². The topological polar surface area (TPSA) is 42.2 Å². The molecule has 1 aliphatic rings. The average molecular weight is 278 g/mol. The van der Waals surface area contributed by atoms with Crippen LogP contribution in [0.15, 0.2) is 12.1 Å². The largest absolute Gasteiger partial charge is 0.496 e. The van der Waals surface area contributed by atoms with Gasteiger partial charge in [0.1, 0.15) is 0 Å². The van der Waals surface area contributed by atoms with Gasteiger partial charge in [-0.05, 0) is 52.3 Å². The van der Waals surface area contributed by atoms with E-state index in [4.69, 9.17) is 26.2 Å². The quantitative estimate of drug-likeness (QED) is 0.741. The van der Waals surface area contributed by atoms with E-state index in [9.17, 15) is 0 Å². The number of benzene rings is 1. The van der Waals surface area contributed by atoms with Crippen molar-refractivity contribution in [1.29, 1.82) is 5.26 Å². The van der Waals surface area contributed by atoms with Gasteiger partial charge in [0, 0.05) is 10.5 Å². The summed E-state index contributed by atoms with van der Waals surface area (Å²) in [7, 11) is -0.538. The fourth-order valence-corrected chi connectivity index (χ4v) is 2.20. The maximum absolute atomic E-state index is 9.05. The Morgan fingerprint density at radius 3 is 2.16 bits per heavy atom. The lowest BCUT2D eigenvalue weighted by Gasteiger charge is -2.32. The van der Waals surface area contributed by atoms with E-state index in [1.807, 2.05) is 34.6 Å². The van der Waals surface area contributed by atoms with E-state index in [2.05, 4.69) is 6.07 Å². The average Bonchev–Trinajstić information content (AvgIpc) is 2.51. The molecule has 0 radical (unpaired) electrons. The molecule has 1 aliphatic heterocycles. The molecule has 1 aromatic rings. The van der Waals surface area contributed by atoms with Gasteiger partial charge >= 0.3 is 7.12 Å². The molecule has 1 heterocycles. The number of hydrogen-bond acceptors (Lipinski definition) is 3. The number of hydrogen-bond donors (Lipinski definition) is 0. The van der Waals surface area contributed by atoms with Gasteiger partial charge < -0.3 is 9.31 Å². The normalized spacial score (nSPS) is 20.4. The van der Waals surface area contributed by atoms with Crippen molar-refractivity contribution >= 4 is 24.2 Å². The number of halogens is 1. The molecular formula is C14H17BClNO2. The Hall–Kier alpha value is -1.02. The molecule has 1 saturated heterocycles. The molecule has 5 heteroatoms. The Bertz CT molecular complexity index is 547. The van der Waals surface area contributed by atoms with Crippen molar-refractivity contribution in [2.24, 2.45) is 0 Å². The van der Waals surface area contributed by atoms with Gasteiger partial charge in [-0.1, -0.05) is 11.6 Å². The second kappa shape index (κ2) is 4.52. The van der Waals surface area contributed by atoms with E-state index in [1.54, 1.807) is 12.1 Å². The zero-order valence-corrected chi connectivity index (χ0v) is 12.6. The van der Waals surface area contributed by atoms with Crippen LogP contribution in [0, 0.1) is 18.3 Å². The third-order valence-corrected chi connectivity index (χ3v) is 4.44. The van der Waals surface area contributed by atoms with Crippen molar-refractivity contribution in [3.05, 3.63) is 28.3 Å². The van der Waals surface area contributed by atoms with Crippen LogP contribution in [0.2, 0.25) is 5.02 Å². The number of nitriles is 1. The summed E-state index contributed by atoms with van der Waals surface area (Å²) in [4.78, 5) is 0. The molecule has 1 aromatic carbocycles. The lowest BCUT2D eigenvalue weighted by atomic mass is 9.77. The third kappa shape index (κ3) is 2.39. The van der Waals surface area contributed by atoms with E-state index < -0.39 is 18.3 Å². The summed E-state index contributed by atoms with van der Waals surface area (Å²) in [5.74, 6) is 0. The van der Waals surface area contributed by atoms with Crippen molar-refractivity contribution in [2.45, 2.75) is 45.8 Å². The Morgan fingerprint density at radius 1 is 1.16 bits per heavy atom. The van der Waals surface area contributed by atoms with Gasteiger partial charge in [-0.15, -0.1) is 0 Å². The minimum atomic E-state index is -0.538. The highest BCUT2D eigenvalue weighted by Gasteiger charge is 2.52. The number of nitrogens with zero attached hydrogens (tertiary/aromatic N) is 1. The molecule has 0 bridgehead atoms. The Balaban J connectivity index is 2.45. The van der Waals surface area contributed by atoms with Gasteiger partial charge in [-0.2, -0.15) is 5.26 Å². The van der Waals surface area contributed by atoms with E-state index in [0.29, 0.717) is 10.6 Å². The SMILES string of the molecule is Cc1cc(C#N)cc(B2OC(C)(C)C(C)(C)O2)c1Cl. The minimum absolute atomic E-state index is 0.419. The highest BCUT2D eigenvalue weighted by Crippen LogP contribution is 2.37. The molecule has 0 aromatic heterocycles. The van der Waals surface area contributed by atoms with Gasteiger partial charge in [0.15, 0.2) is 0 Å². The van der Waals surface area contributed by atoms with Crippen molar-refractivity contribution in [1.82, 2.24) is 0 Å². The Morgan fingerprint density at radius 2 is 1.68 bits per heavy atom. The van der Waals surface area contributed by atoms with Crippen LogP contribution in [-0.4, -0.2) is 18.3 Å². The van der Waals surface area contributed by atoms with Crippen molar-refractivity contribution in [3.8, 4) is 6.07 Å². The van der Waals surface area contributed by atoms with Gasteiger partial charge in [0.2, 0.25) is 0 Å². The summed E-state index contributed by atoms with van der Waals surface area (Å²) in [5, 5.41) is 9.65. The van der Waals surface area contributed by atoms with Gasteiger partial charge in [0.05, 0.1) is 22.8 Å². The van der Waals surface area contributed by atoms with Crippen LogP contribution in [0.1, 0.15) is 38.8 Å². The summed E-state index contributed by atoms with van der Waals surface area (Å²) >= 11 is 6.32. The molecule has 19 heavy (non-hydrogen) atoms. The number of rotatable bonds is 1. The molecule has 0 N–H and O–H groups in total. The van der Waals surface area contributed by atoms with Crippen molar-refractivity contribution in [3.63, 3.8) is 0 Å². The van der Waals surface area contributed by atoms with Crippen LogP contribution in [0.3, 0.4) is 0 Å². The maximum Gasteiger partial charge on any atom is 0.496 e. The van der Waals surface area contributed by atoms with Gasteiger partial charge in [0.25, 0.3) is 0 Å². The molecule has 0 saturated carbocycles. The fourth-order valence-electron chi connectivity index (χ4n) is 2.00. The monoisotopic (exact) mass is 277 g/mol. The summed E-state index contributed by atoms with van der Waals surface area (Å²) in [6.07, 6.45) is 0. The highest BCUT2D eigenvalue weighted by atomic mass is 35.5. The summed E-state index contributed by atoms with van der Waals surface area (Å²) in [6, 6.07) is 5.63. The molecule has 3 nitrogen and oxygen atoms in total. The second-order valence-electron chi connectivity index (χ2n) is 5.90. The van der Waals surface area contributed by atoms with Crippen LogP contribution >= 0.6 is 11.6 Å². The molecule has 0 spiro atoms. The zero-order valence-electron chi connectivity index (χ0n) is 11.9. The molecule has 1 fully saturated rings. The van der Waals surface area contributed by atoms with E-state index in [0.717, 1.165) is 11.0 Å². The molecule has 2 rings (SSSR count). The predicted octanol–water partition coefficient (Wildman–Crippen LogP) is 2.82. The first kappa shape index (κ1) is 14.4. The Kier molecular flexibility index (Phi) is 3.42.